The summed E-state index contributed by atoms with van der Waals surface area (Å²) < 4.78 is 5.52. The Labute approximate surface area is 174 Å². The molecule has 2 aromatic rings. The van der Waals surface area contributed by atoms with Crippen molar-refractivity contribution < 1.29 is 9.84 Å². The largest absolute Gasteiger partial charge is 0.497 e. The predicted octanol–water partition coefficient (Wildman–Crippen LogP) is 4.24. The second-order valence-electron chi connectivity index (χ2n) is 8.59. The van der Waals surface area contributed by atoms with Crippen molar-refractivity contribution in [2.75, 3.05) is 26.7 Å². The van der Waals surface area contributed by atoms with Gasteiger partial charge in [-0.25, -0.2) is 0 Å². The molecule has 0 bridgehead atoms. The van der Waals surface area contributed by atoms with Gasteiger partial charge in [-0.15, -0.1) is 0 Å². The van der Waals surface area contributed by atoms with E-state index in [1.54, 1.807) is 7.11 Å². The quantitative estimate of drug-likeness (QED) is 0.797. The lowest BCUT2D eigenvalue weighted by Gasteiger charge is -2.54. The molecule has 3 nitrogen and oxygen atoms in total. The maximum atomic E-state index is 11.5. The zero-order valence-corrected chi connectivity index (χ0v) is 17.5. The zero-order chi connectivity index (χ0) is 20.3. The fourth-order valence-corrected chi connectivity index (χ4v) is 5.28. The van der Waals surface area contributed by atoms with Gasteiger partial charge in [0.05, 0.1) is 7.11 Å². The summed E-state index contributed by atoms with van der Waals surface area (Å²) >= 11 is 0. The molecule has 0 radical (unpaired) electrons. The van der Waals surface area contributed by atoms with Crippen LogP contribution in [0.1, 0.15) is 43.7 Å². The number of hydrogen-bond donors (Lipinski definition) is 1. The van der Waals surface area contributed by atoms with E-state index in [9.17, 15) is 5.11 Å². The van der Waals surface area contributed by atoms with Crippen molar-refractivity contribution in [1.82, 2.24) is 4.90 Å². The number of benzene rings is 2. The van der Waals surface area contributed by atoms with Crippen molar-refractivity contribution in [3.8, 4) is 17.6 Å². The number of ether oxygens (including phenoxy) is 1. The van der Waals surface area contributed by atoms with Crippen LogP contribution >= 0.6 is 0 Å². The minimum Gasteiger partial charge on any atom is -0.497 e. The van der Waals surface area contributed by atoms with Crippen LogP contribution in [0.2, 0.25) is 0 Å². The summed E-state index contributed by atoms with van der Waals surface area (Å²) in [6.45, 7) is 5.48. The predicted molar refractivity (Wildman–Crippen MR) is 117 cm³/mol. The molecule has 3 heteroatoms. The van der Waals surface area contributed by atoms with E-state index in [0.29, 0.717) is 12.3 Å². The third-order valence-electron chi connectivity index (χ3n) is 6.95. The van der Waals surface area contributed by atoms with E-state index in [0.717, 1.165) is 50.2 Å². The van der Waals surface area contributed by atoms with Gasteiger partial charge in [-0.3, -0.25) is 0 Å². The first kappa shape index (κ1) is 20.0. The van der Waals surface area contributed by atoms with Crippen LogP contribution in [0, 0.1) is 17.8 Å². The summed E-state index contributed by atoms with van der Waals surface area (Å²) in [7, 11) is 1.72. The van der Waals surface area contributed by atoms with Crippen molar-refractivity contribution in [2.24, 2.45) is 5.92 Å². The number of likely N-dealkylation sites (tertiary alicyclic amines) is 1. The molecule has 1 aliphatic heterocycles. The van der Waals surface area contributed by atoms with Gasteiger partial charge in [0.15, 0.2) is 0 Å². The van der Waals surface area contributed by atoms with Crippen LogP contribution in [0.15, 0.2) is 54.6 Å². The number of hydrogen-bond acceptors (Lipinski definition) is 3. The molecule has 1 N–H and O–H groups in total. The molecular weight excluding hydrogens is 358 g/mol. The Morgan fingerprint density at radius 2 is 1.97 bits per heavy atom. The highest BCUT2D eigenvalue weighted by Gasteiger charge is 2.52. The Hall–Kier alpha value is -2.28. The molecule has 3 atom stereocenters. The summed E-state index contributed by atoms with van der Waals surface area (Å²) in [6, 6.07) is 18.4. The Bertz CT molecular complexity index is 900. The van der Waals surface area contributed by atoms with Gasteiger partial charge < -0.3 is 14.7 Å². The minimum absolute atomic E-state index is 0.0570. The Kier molecular flexibility index (Phi) is 5.67. The van der Waals surface area contributed by atoms with Gasteiger partial charge in [0, 0.05) is 17.5 Å². The lowest BCUT2D eigenvalue weighted by atomic mass is 9.55. The minimum atomic E-state index is -0.955. The molecule has 1 unspecified atom stereocenters. The molecule has 29 heavy (non-hydrogen) atoms. The average molecular weight is 390 g/mol. The van der Waals surface area contributed by atoms with Crippen LogP contribution in [0.25, 0.3) is 0 Å². The highest BCUT2D eigenvalue weighted by molar-refractivity contribution is 5.40. The molecule has 1 saturated carbocycles. The summed E-state index contributed by atoms with van der Waals surface area (Å²) in [5.41, 5.74) is 1.24. The van der Waals surface area contributed by atoms with E-state index in [1.165, 1.54) is 5.56 Å². The molecule has 1 saturated heterocycles. The van der Waals surface area contributed by atoms with E-state index < -0.39 is 5.60 Å². The molecule has 152 valence electrons. The van der Waals surface area contributed by atoms with Crippen LogP contribution in [0.3, 0.4) is 0 Å². The second-order valence-corrected chi connectivity index (χ2v) is 8.59. The van der Waals surface area contributed by atoms with Gasteiger partial charge in [0.2, 0.25) is 0 Å². The first-order chi connectivity index (χ1) is 14.1. The summed E-state index contributed by atoms with van der Waals surface area (Å²) in [5.74, 6) is 7.90. The van der Waals surface area contributed by atoms with Crippen molar-refractivity contribution in [3.63, 3.8) is 0 Å². The van der Waals surface area contributed by atoms with Gasteiger partial charge in [0.1, 0.15) is 11.4 Å². The van der Waals surface area contributed by atoms with Gasteiger partial charge in [-0.2, -0.15) is 0 Å². The van der Waals surface area contributed by atoms with E-state index in [2.05, 4.69) is 41.9 Å². The third kappa shape index (κ3) is 4.06. The molecule has 1 heterocycles. The first-order valence-corrected chi connectivity index (χ1v) is 10.7. The van der Waals surface area contributed by atoms with E-state index >= 15 is 0 Å². The Morgan fingerprint density at radius 1 is 1.14 bits per heavy atom. The Morgan fingerprint density at radius 3 is 2.72 bits per heavy atom. The van der Waals surface area contributed by atoms with Gasteiger partial charge in [0.25, 0.3) is 0 Å². The number of nitrogens with zero attached hydrogens (tertiary/aromatic N) is 1. The summed E-state index contributed by atoms with van der Waals surface area (Å²) in [5, 5.41) is 11.5. The van der Waals surface area contributed by atoms with Crippen LogP contribution < -0.4 is 4.74 Å². The van der Waals surface area contributed by atoms with Crippen LogP contribution in [0.4, 0.5) is 0 Å². The van der Waals surface area contributed by atoms with Gasteiger partial charge in [-0.05, 0) is 74.5 Å². The molecule has 0 aromatic heterocycles. The smallest absolute Gasteiger partial charge is 0.126 e. The highest BCUT2D eigenvalue weighted by atomic mass is 16.5. The average Bonchev–Trinajstić information content (AvgIpc) is 2.78. The standard InChI is InChI=1S/C26H31NO2/c1-3-27-17-16-26(22-10-7-11-24(18-22)29-2)20-25(28,15-13-23(26)19-27)14-12-21-8-5-4-6-9-21/h4-11,18,23,28H,3,13,15-17,19-20H2,1-2H3/t23-,25?,26+/m1/s1. The van der Waals surface area contributed by atoms with Crippen molar-refractivity contribution in [1.29, 1.82) is 0 Å². The van der Waals surface area contributed by atoms with E-state index in [4.69, 9.17) is 4.74 Å². The molecule has 2 aromatic carbocycles. The molecule has 0 amide bonds. The van der Waals surface area contributed by atoms with Crippen LogP contribution in [-0.2, 0) is 5.41 Å². The van der Waals surface area contributed by atoms with Gasteiger partial charge in [-0.1, -0.05) is 49.1 Å². The molecule has 2 aliphatic rings. The Balaban J connectivity index is 1.70. The SMILES string of the molecule is CCN1CC[C@@]2(c3cccc(OC)c3)CC(O)(C#Cc3ccccc3)CC[C@@H]2C1. The molecule has 1 aliphatic carbocycles. The zero-order valence-electron chi connectivity index (χ0n) is 17.5. The monoisotopic (exact) mass is 389 g/mol. The summed E-state index contributed by atoms with van der Waals surface area (Å²) in [4.78, 5) is 2.54. The number of methoxy groups -OCH3 is 1. The molecule has 4 rings (SSSR count). The van der Waals surface area contributed by atoms with E-state index in [-0.39, 0.29) is 5.41 Å². The third-order valence-corrected chi connectivity index (χ3v) is 6.95. The van der Waals surface area contributed by atoms with Gasteiger partial charge >= 0.3 is 0 Å². The van der Waals surface area contributed by atoms with E-state index in [1.807, 2.05) is 36.4 Å². The second kappa shape index (κ2) is 8.22. The maximum Gasteiger partial charge on any atom is 0.126 e. The molecular formula is C26H31NO2. The van der Waals surface area contributed by atoms with Crippen molar-refractivity contribution >= 4 is 0 Å². The number of rotatable bonds is 3. The maximum absolute atomic E-state index is 11.5. The first-order valence-electron chi connectivity index (χ1n) is 10.7. The fraction of sp³-hybridized carbons (Fsp3) is 0.462. The molecule has 2 fully saturated rings. The normalized spacial score (nSPS) is 29.4. The summed E-state index contributed by atoms with van der Waals surface area (Å²) in [6.07, 6.45) is 3.47. The van der Waals surface area contributed by atoms with Crippen LogP contribution in [-0.4, -0.2) is 42.4 Å². The number of piperidine rings is 1. The lowest BCUT2D eigenvalue weighted by Crippen LogP contribution is -2.56. The number of fused-ring (bicyclic) bond motifs is 1. The fourth-order valence-electron chi connectivity index (χ4n) is 5.28. The molecule has 0 spiro atoms. The van der Waals surface area contributed by atoms with Crippen molar-refractivity contribution in [3.05, 3.63) is 65.7 Å². The lowest BCUT2D eigenvalue weighted by molar-refractivity contribution is -0.0376. The van der Waals surface area contributed by atoms with Crippen molar-refractivity contribution in [2.45, 2.75) is 43.6 Å². The van der Waals surface area contributed by atoms with Crippen LogP contribution in [0.5, 0.6) is 5.75 Å². The highest BCUT2D eigenvalue weighted by Crippen LogP contribution is 2.52. The number of aliphatic hydroxyl groups is 1. The topological polar surface area (TPSA) is 32.7 Å².